The lowest BCUT2D eigenvalue weighted by atomic mass is 10.1. The first kappa shape index (κ1) is 19.8. The Hall–Kier alpha value is -1.28. The number of thiazole rings is 1. The van der Waals surface area contributed by atoms with E-state index in [0.717, 1.165) is 11.6 Å². The minimum atomic E-state index is -0.0118. The minimum absolute atomic E-state index is 0. The predicted molar refractivity (Wildman–Crippen MR) is 95.6 cm³/mol. The maximum Gasteiger partial charge on any atom is 0.273 e. The number of aromatic nitrogens is 3. The van der Waals surface area contributed by atoms with Crippen molar-refractivity contribution in [1.82, 2.24) is 25.2 Å². The summed E-state index contributed by atoms with van der Waals surface area (Å²) in [6.07, 6.45) is 4.90. The van der Waals surface area contributed by atoms with E-state index in [9.17, 15) is 4.79 Å². The van der Waals surface area contributed by atoms with Gasteiger partial charge in [-0.25, -0.2) is 4.98 Å². The first-order valence-electron chi connectivity index (χ1n) is 6.93. The first-order valence-corrected chi connectivity index (χ1v) is 7.81. The summed E-state index contributed by atoms with van der Waals surface area (Å²) in [6, 6.07) is 0.453. The number of carbonyl (C=O) groups is 1. The third-order valence-corrected chi connectivity index (χ3v) is 4.67. The van der Waals surface area contributed by atoms with E-state index >= 15 is 0 Å². The van der Waals surface area contributed by atoms with E-state index in [1.807, 2.05) is 4.90 Å². The van der Waals surface area contributed by atoms with Gasteiger partial charge in [0.05, 0.1) is 6.20 Å². The van der Waals surface area contributed by atoms with Crippen molar-refractivity contribution in [2.75, 3.05) is 13.1 Å². The molecule has 126 valence electrons. The van der Waals surface area contributed by atoms with Crippen LogP contribution in [0.3, 0.4) is 0 Å². The number of nitrogens with zero attached hydrogens (tertiary/aromatic N) is 4. The molecule has 1 aliphatic rings. The molecule has 1 fully saturated rings. The van der Waals surface area contributed by atoms with Crippen LogP contribution in [0, 0.1) is 0 Å². The number of amides is 1. The van der Waals surface area contributed by atoms with Crippen LogP contribution in [0.1, 0.15) is 24.3 Å². The van der Waals surface area contributed by atoms with Gasteiger partial charge in [-0.15, -0.1) is 36.2 Å². The minimum Gasteiger partial charge on any atom is -0.332 e. The molecular formula is C14H19Cl2N5OS. The molecule has 1 amide bonds. The maximum atomic E-state index is 12.6. The Morgan fingerprint density at radius 1 is 1.35 bits per heavy atom. The average molecular weight is 376 g/mol. The van der Waals surface area contributed by atoms with E-state index in [1.54, 1.807) is 24.0 Å². The highest BCUT2D eigenvalue weighted by Gasteiger charge is 2.30. The molecule has 2 atom stereocenters. The van der Waals surface area contributed by atoms with Crippen LogP contribution in [0.5, 0.6) is 0 Å². The van der Waals surface area contributed by atoms with Crippen LogP contribution in [0.4, 0.5) is 0 Å². The van der Waals surface area contributed by atoms with Gasteiger partial charge >= 0.3 is 0 Å². The van der Waals surface area contributed by atoms with E-state index < -0.39 is 0 Å². The Kier molecular flexibility index (Phi) is 7.34. The largest absolute Gasteiger partial charge is 0.332 e. The molecule has 2 aromatic heterocycles. The number of carbonyl (C=O) groups excluding carboxylic acids is 1. The zero-order valence-electron chi connectivity index (χ0n) is 12.8. The van der Waals surface area contributed by atoms with Gasteiger partial charge in [0, 0.05) is 42.9 Å². The van der Waals surface area contributed by atoms with E-state index in [1.165, 1.54) is 11.3 Å². The summed E-state index contributed by atoms with van der Waals surface area (Å²) < 4.78 is 0. The normalized spacial score (nSPS) is 20.3. The molecule has 0 aromatic carbocycles. The number of hydrogen-bond donors (Lipinski definition) is 1. The van der Waals surface area contributed by atoms with Crippen LogP contribution < -0.4 is 5.32 Å². The summed E-state index contributed by atoms with van der Waals surface area (Å²) in [5.41, 5.74) is 1.19. The summed E-state index contributed by atoms with van der Waals surface area (Å²) in [5, 5.41) is 5.89. The second kappa shape index (κ2) is 8.54. The van der Waals surface area contributed by atoms with Crippen molar-refractivity contribution in [1.29, 1.82) is 0 Å². The molecule has 1 N–H and O–H groups in total. The van der Waals surface area contributed by atoms with E-state index in [0.29, 0.717) is 24.0 Å². The van der Waals surface area contributed by atoms with Crippen LogP contribution in [-0.4, -0.2) is 50.9 Å². The Bertz CT molecular complexity index is 639. The van der Waals surface area contributed by atoms with Gasteiger partial charge in [0.25, 0.3) is 5.91 Å². The molecule has 9 heteroatoms. The second-order valence-electron chi connectivity index (χ2n) is 5.11. The van der Waals surface area contributed by atoms with Crippen molar-refractivity contribution in [2.24, 2.45) is 0 Å². The van der Waals surface area contributed by atoms with Crippen molar-refractivity contribution in [3.8, 4) is 10.7 Å². The van der Waals surface area contributed by atoms with Gasteiger partial charge in [-0.1, -0.05) is 0 Å². The summed E-state index contributed by atoms with van der Waals surface area (Å²) in [5.74, 6) is -0.0118. The summed E-state index contributed by atoms with van der Waals surface area (Å²) in [7, 11) is 0. The fourth-order valence-corrected chi connectivity index (χ4v) is 3.14. The van der Waals surface area contributed by atoms with Crippen molar-refractivity contribution in [3.63, 3.8) is 0 Å². The molecule has 2 aromatic rings. The second-order valence-corrected chi connectivity index (χ2v) is 5.97. The Morgan fingerprint density at radius 3 is 2.83 bits per heavy atom. The summed E-state index contributed by atoms with van der Waals surface area (Å²) in [4.78, 5) is 27.2. The highest BCUT2D eigenvalue weighted by Crippen LogP contribution is 2.22. The van der Waals surface area contributed by atoms with E-state index in [2.05, 4.69) is 34.1 Å². The molecule has 1 aliphatic heterocycles. The van der Waals surface area contributed by atoms with Crippen molar-refractivity contribution in [2.45, 2.75) is 25.9 Å². The zero-order valence-corrected chi connectivity index (χ0v) is 15.2. The average Bonchev–Trinajstić information content (AvgIpc) is 3.00. The SMILES string of the molecule is CC1NCCN(C(=O)c2csc(-c3cnccn3)n2)C1C.Cl.Cl. The molecule has 0 aliphatic carbocycles. The summed E-state index contributed by atoms with van der Waals surface area (Å²) in [6.45, 7) is 5.68. The van der Waals surface area contributed by atoms with Crippen molar-refractivity contribution < 1.29 is 4.79 Å². The zero-order chi connectivity index (χ0) is 14.8. The fourth-order valence-electron chi connectivity index (χ4n) is 2.39. The third kappa shape index (κ3) is 4.17. The quantitative estimate of drug-likeness (QED) is 0.871. The van der Waals surface area contributed by atoms with E-state index in [-0.39, 0.29) is 36.8 Å². The lowest BCUT2D eigenvalue weighted by Gasteiger charge is -2.38. The maximum absolute atomic E-state index is 12.6. The molecular weight excluding hydrogens is 357 g/mol. The molecule has 3 rings (SSSR count). The number of nitrogens with one attached hydrogen (secondary N) is 1. The van der Waals surface area contributed by atoms with Gasteiger partial charge in [-0.3, -0.25) is 14.8 Å². The van der Waals surface area contributed by atoms with Crippen LogP contribution in [-0.2, 0) is 0 Å². The number of halogens is 2. The van der Waals surface area contributed by atoms with Crippen LogP contribution in [0.25, 0.3) is 10.7 Å². The van der Waals surface area contributed by atoms with Crippen molar-refractivity contribution >= 4 is 42.1 Å². The van der Waals surface area contributed by atoms with Crippen molar-refractivity contribution in [3.05, 3.63) is 29.7 Å². The lowest BCUT2D eigenvalue weighted by Crippen LogP contribution is -2.57. The Morgan fingerprint density at radius 2 is 2.13 bits per heavy atom. The van der Waals surface area contributed by atoms with Gasteiger partial charge < -0.3 is 10.2 Å². The molecule has 0 saturated carbocycles. The Balaban J connectivity index is 0.00000132. The van der Waals surface area contributed by atoms with Gasteiger partial charge in [0.1, 0.15) is 16.4 Å². The lowest BCUT2D eigenvalue weighted by molar-refractivity contribution is 0.0598. The molecule has 6 nitrogen and oxygen atoms in total. The van der Waals surface area contributed by atoms with Gasteiger partial charge in [-0.05, 0) is 13.8 Å². The smallest absolute Gasteiger partial charge is 0.273 e. The molecule has 23 heavy (non-hydrogen) atoms. The van der Waals surface area contributed by atoms with Crippen LogP contribution in [0.2, 0.25) is 0 Å². The molecule has 0 spiro atoms. The highest BCUT2D eigenvalue weighted by atomic mass is 35.5. The highest BCUT2D eigenvalue weighted by molar-refractivity contribution is 7.13. The molecule has 3 heterocycles. The monoisotopic (exact) mass is 375 g/mol. The van der Waals surface area contributed by atoms with Crippen LogP contribution >= 0.6 is 36.2 Å². The molecule has 0 bridgehead atoms. The Labute approximate surface area is 151 Å². The molecule has 0 radical (unpaired) electrons. The number of rotatable bonds is 2. The first-order chi connectivity index (χ1) is 10.2. The van der Waals surface area contributed by atoms with Crippen LogP contribution in [0.15, 0.2) is 24.0 Å². The van der Waals surface area contributed by atoms with Gasteiger partial charge in [-0.2, -0.15) is 0 Å². The molecule has 2 unspecified atom stereocenters. The fraction of sp³-hybridized carbons (Fsp3) is 0.429. The topological polar surface area (TPSA) is 71.0 Å². The van der Waals surface area contributed by atoms with Gasteiger partial charge in [0.15, 0.2) is 0 Å². The third-order valence-electron chi connectivity index (χ3n) is 3.80. The van der Waals surface area contributed by atoms with E-state index in [4.69, 9.17) is 0 Å². The van der Waals surface area contributed by atoms with Gasteiger partial charge in [0.2, 0.25) is 0 Å². The standard InChI is InChI=1S/C14H17N5OS.2ClH/c1-9-10(2)19(6-5-16-9)14(20)12-8-21-13(18-12)11-7-15-3-4-17-11;;/h3-4,7-10,16H,5-6H2,1-2H3;2*1H. The number of hydrogen-bond acceptors (Lipinski definition) is 6. The number of piperazine rings is 1. The summed E-state index contributed by atoms with van der Waals surface area (Å²) >= 11 is 1.42. The predicted octanol–water partition coefficient (Wildman–Crippen LogP) is 2.27. The molecule has 1 saturated heterocycles.